The van der Waals surface area contributed by atoms with Crippen LogP contribution in [0.1, 0.15) is 28.9 Å². The summed E-state index contributed by atoms with van der Waals surface area (Å²) in [4.78, 5) is 24.8. The van der Waals surface area contributed by atoms with Gasteiger partial charge in [-0.3, -0.25) is 4.79 Å². The van der Waals surface area contributed by atoms with Crippen molar-refractivity contribution in [3.63, 3.8) is 0 Å². The first-order valence-electron chi connectivity index (χ1n) is 7.43. The molecule has 0 atom stereocenters. The molecule has 0 bridgehead atoms. The number of benzene rings is 1. The van der Waals surface area contributed by atoms with Gasteiger partial charge in [0, 0.05) is 19.0 Å². The predicted octanol–water partition coefficient (Wildman–Crippen LogP) is 1.17. The van der Waals surface area contributed by atoms with Crippen molar-refractivity contribution in [2.45, 2.75) is 24.8 Å². The third-order valence-corrected chi connectivity index (χ3v) is 4.26. The first kappa shape index (κ1) is 15.2. The SMILES string of the molecule is CN(CC1(c2ccccc2)CC1)C(=O)Cn1cc(C(=O)O)nn1. The Morgan fingerprint density at radius 1 is 1.30 bits per heavy atom. The summed E-state index contributed by atoms with van der Waals surface area (Å²) in [7, 11) is 1.76. The number of hydrogen-bond donors (Lipinski definition) is 1. The molecule has 1 heterocycles. The quantitative estimate of drug-likeness (QED) is 0.864. The molecule has 0 saturated heterocycles. The fourth-order valence-electron chi connectivity index (χ4n) is 2.76. The first-order chi connectivity index (χ1) is 11.0. The molecule has 0 spiro atoms. The Kier molecular flexibility index (Phi) is 3.85. The van der Waals surface area contributed by atoms with E-state index in [9.17, 15) is 9.59 Å². The van der Waals surface area contributed by atoms with E-state index in [0.717, 1.165) is 12.8 Å². The molecule has 1 aromatic heterocycles. The molecular weight excluding hydrogens is 296 g/mol. The Hall–Kier alpha value is -2.70. The standard InChI is InChI=1S/C16H18N4O3/c1-19(11-16(7-8-16)12-5-3-2-4-6-12)14(21)10-20-9-13(15(22)23)17-18-20/h2-6,9H,7-8,10-11H2,1H3,(H,22,23). The van der Waals surface area contributed by atoms with Crippen LogP contribution in [-0.4, -0.2) is 50.5 Å². The van der Waals surface area contributed by atoms with Gasteiger partial charge in [0.15, 0.2) is 5.69 Å². The number of carbonyl (C=O) groups is 2. The Morgan fingerprint density at radius 2 is 2.00 bits per heavy atom. The third-order valence-electron chi connectivity index (χ3n) is 4.26. The van der Waals surface area contributed by atoms with Crippen LogP contribution >= 0.6 is 0 Å². The Balaban J connectivity index is 1.63. The zero-order chi connectivity index (χ0) is 16.4. The lowest BCUT2D eigenvalue weighted by Crippen LogP contribution is -2.36. The molecule has 1 aliphatic carbocycles. The monoisotopic (exact) mass is 314 g/mol. The smallest absolute Gasteiger partial charge is 0.358 e. The van der Waals surface area contributed by atoms with Gasteiger partial charge in [0.1, 0.15) is 6.54 Å². The van der Waals surface area contributed by atoms with Crippen molar-refractivity contribution in [1.29, 1.82) is 0 Å². The van der Waals surface area contributed by atoms with E-state index in [1.54, 1.807) is 11.9 Å². The van der Waals surface area contributed by atoms with Gasteiger partial charge in [0.25, 0.3) is 0 Å². The number of carboxylic acid groups (broad SMARTS) is 1. The molecule has 0 radical (unpaired) electrons. The minimum Gasteiger partial charge on any atom is -0.476 e. The Bertz CT molecular complexity index is 722. The van der Waals surface area contributed by atoms with Gasteiger partial charge in [-0.2, -0.15) is 0 Å². The van der Waals surface area contributed by atoms with Gasteiger partial charge in [-0.15, -0.1) is 5.10 Å². The fourth-order valence-corrected chi connectivity index (χ4v) is 2.76. The van der Waals surface area contributed by atoms with Gasteiger partial charge >= 0.3 is 5.97 Å². The van der Waals surface area contributed by atoms with Crippen LogP contribution in [-0.2, 0) is 16.8 Å². The lowest BCUT2D eigenvalue weighted by Gasteiger charge is -2.24. The number of aromatic nitrogens is 3. The molecule has 1 aromatic carbocycles. The number of carbonyl (C=O) groups excluding carboxylic acids is 1. The molecule has 1 fully saturated rings. The Labute approximate surface area is 133 Å². The van der Waals surface area contributed by atoms with Crippen LogP contribution in [0.5, 0.6) is 0 Å². The molecule has 1 aliphatic rings. The van der Waals surface area contributed by atoms with E-state index in [1.165, 1.54) is 16.4 Å². The Morgan fingerprint density at radius 3 is 2.57 bits per heavy atom. The van der Waals surface area contributed by atoms with Crippen LogP contribution in [0, 0.1) is 0 Å². The van der Waals surface area contributed by atoms with Crippen molar-refractivity contribution in [3.05, 3.63) is 47.8 Å². The average molecular weight is 314 g/mol. The van der Waals surface area contributed by atoms with Gasteiger partial charge in [-0.1, -0.05) is 35.5 Å². The summed E-state index contributed by atoms with van der Waals surface area (Å²) in [5, 5.41) is 16.0. The predicted molar refractivity (Wildman–Crippen MR) is 82.0 cm³/mol. The summed E-state index contributed by atoms with van der Waals surface area (Å²) in [6.45, 7) is 0.637. The third kappa shape index (κ3) is 3.23. The normalized spacial score (nSPS) is 15.2. The highest BCUT2D eigenvalue weighted by Gasteiger charge is 2.45. The van der Waals surface area contributed by atoms with E-state index in [4.69, 9.17) is 5.11 Å². The summed E-state index contributed by atoms with van der Waals surface area (Å²) in [5.41, 5.74) is 1.15. The van der Waals surface area contributed by atoms with Crippen LogP contribution in [0.15, 0.2) is 36.5 Å². The minimum atomic E-state index is -1.15. The number of amides is 1. The fraction of sp³-hybridized carbons (Fsp3) is 0.375. The van der Waals surface area contributed by atoms with Crippen molar-refractivity contribution >= 4 is 11.9 Å². The van der Waals surface area contributed by atoms with Crippen LogP contribution in [0.4, 0.5) is 0 Å². The van der Waals surface area contributed by atoms with E-state index in [-0.39, 0.29) is 23.6 Å². The van der Waals surface area contributed by atoms with Crippen LogP contribution in [0.25, 0.3) is 0 Å². The summed E-state index contributed by atoms with van der Waals surface area (Å²) in [6.07, 6.45) is 3.40. The molecule has 1 saturated carbocycles. The molecule has 23 heavy (non-hydrogen) atoms. The number of likely N-dealkylation sites (N-methyl/N-ethyl adjacent to an activating group) is 1. The number of hydrogen-bond acceptors (Lipinski definition) is 4. The van der Waals surface area contributed by atoms with Crippen LogP contribution < -0.4 is 0 Å². The molecule has 0 aliphatic heterocycles. The van der Waals surface area contributed by atoms with Crippen molar-refractivity contribution in [2.24, 2.45) is 0 Å². The highest BCUT2D eigenvalue weighted by atomic mass is 16.4. The largest absolute Gasteiger partial charge is 0.476 e. The molecule has 7 heteroatoms. The summed E-state index contributed by atoms with van der Waals surface area (Å²) in [6, 6.07) is 10.2. The lowest BCUT2D eigenvalue weighted by atomic mass is 9.95. The molecule has 3 rings (SSSR count). The summed E-state index contributed by atoms with van der Waals surface area (Å²) < 4.78 is 1.25. The second-order valence-electron chi connectivity index (χ2n) is 6.00. The topological polar surface area (TPSA) is 88.3 Å². The second kappa shape index (κ2) is 5.83. The van der Waals surface area contributed by atoms with E-state index in [1.807, 2.05) is 18.2 Å². The maximum Gasteiger partial charge on any atom is 0.358 e. The number of nitrogens with zero attached hydrogens (tertiary/aromatic N) is 4. The molecular formula is C16H18N4O3. The lowest BCUT2D eigenvalue weighted by molar-refractivity contribution is -0.131. The molecule has 120 valence electrons. The number of carboxylic acids is 1. The van der Waals surface area contributed by atoms with Crippen molar-refractivity contribution in [2.75, 3.05) is 13.6 Å². The molecule has 1 amide bonds. The highest BCUT2D eigenvalue weighted by Crippen LogP contribution is 2.48. The zero-order valence-electron chi connectivity index (χ0n) is 12.8. The number of aromatic carboxylic acids is 1. The maximum absolute atomic E-state index is 12.3. The minimum absolute atomic E-state index is 0.0123. The first-order valence-corrected chi connectivity index (χ1v) is 7.43. The van der Waals surface area contributed by atoms with Gasteiger partial charge < -0.3 is 10.0 Å². The van der Waals surface area contributed by atoms with Crippen molar-refractivity contribution in [1.82, 2.24) is 19.9 Å². The van der Waals surface area contributed by atoms with E-state index >= 15 is 0 Å². The van der Waals surface area contributed by atoms with Gasteiger partial charge in [0.05, 0.1) is 6.20 Å². The summed E-state index contributed by atoms with van der Waals surface area (Å²) >= 11 is 0. The van der Waals surface area contributed by atoms with E-state index in [0.29, 0.717) is 6.54 Å². The highest BCUT2D eigenvalue weighted by molar-refractivity contribution is 5.84. The van der Waals surface area contributed by atoms with Gasteiger partial charge in [-0.05, 0) is 18.4 Å². The van der Waals surface area contributed by atoms with Crippen molar-refractivity contribution < 1.29 is 14.7 Å². The van der Waals surface area contributed by atoms with Gasteiger partial charge in [0.2, 0.25) is 5.91 Å². The second-order valence-corrected chi connectivity index (χ2v) is 6.00. The molecule has 2 aromatic rings. The van der Waals surface area contributed by atoms with Crippen molar-refractivity contribution in [3.8, 4) is 0 Å². The zero-order valence-corrected chi connectivity index (χ0v) is 12.8. The van der Waals surface area contributed by atoms with Crippen LogP contribution in [0.3, 0.4) is 0 Å². The molecule has 0 unspecified atom stereocenters. The molecule has 1 N–H and O–H groups in total. The number of rotatable bonds is 6. The summed E-state index contributed by atoms with van der Waals surface area (Å²) in [5.74, 6) is -1.27. The van der Waals surface area contributed by atoms with E-state index < -0.39 is 5.97 Å². The van der Waals surface area contributed by atoms with Crippen LogP contribution in [0.2, 0.25) is 0 Å². The maximum atomic E-state index is 12.3. The molecule has 7 nitrogen and oxygen atoms in total. The average Bonchev–Trinajstić information content (AvgIpc) is 3.17. The van der Waals surface area contributed by atoms with Gasteiger partial charge in [-0.25, -0.2) is 9.48 Å². The van der Waals surface area contributed by atoms with E-state index in [2.05, 4.69) is 22.4 Å².